The number of ether oxygens (including phenoxy) is 1. The minimum absolute atomic E-state index is 0.209. The van der Waals surface area contributed by atoms with Gasteiger partial charge in [-0.25, -0.2) is 4.79 Å². The zero-order valence-electron chi connectivity index (χ0n) is 15.6. The number of carbonyl (C=O) groups is 1. The maximum absolute atomic E-state index is 12.4. The SMILES string of the molecule is O=C(OCc1ccccc1)N1CC2CC(O)(CC3CCCCC3)CC2C1. The molecule has 3 aliphatic rings. The summed E-state index contributed by atoms with van der Waals surface area (Å²) in [6.07, 6.45) is 9.07. The van der Waals surface area contributed by atoms with Crippen molar-refractivity contribution in [3.8, 4) is 0 Å². The van der Waals surface area contributed by atoms with Crippen molar-refractivity contribution in [3.05, 3.63) is 35.9 Å². The van der Waals surface area contributed by atoms with Crippen molar-refractivity contribution in [3.63, 3.8) is 0 Å². The Hall–Kier alpha value is -1.55. The fraction of sp³-hybridized carbons (Fsp3) is 0.682. The fourth-order valence-electron chi connectivity index (χ4n) is 5.52. The summed E-state index contributed by atoms with van der Waals surface area (Å²) in [7, 11) is 0. The summed E-state index contributed by atoms with van der Waals surface area (Å²) in [6.45, 7) is 1.81. The van der Waals surface area contributed by atoms with Crippen LogP contribution in [0.25, 0.3) is 0 Å². The third-order valence-electron chi connectivity index (χ3n) is 6.72. The third kappa shape index (κ3) is 4.06. The van der Waals surface area contributed by atoms with Crippen molar-refractivity contribution in [1.29, 1.82) is 0 Å². The zero-order valence-corrected chi connectivity index (χ0v) is 15.6. The van der Waals surface area contributed by atoms with E-state index in [0.29, 0.717) is 24.4 Å². The van der Waals surface area contributed by atoms with Gasteiger partial charge in [-0.3, -0.25) is 0 Å². The molecule has 142 valence electrons. The standard InChI is InChI=1S/C22H31NO3/c24-21(26-16-18-9-5-2-6-10-18)23-14-19-12-22(25,13-20(19)15-23)11-17-7-3-1-4-8-17/h2,5-6,9-10,17,19-20,25H,1,3-4,7-8,11-16H2. The van der Waals surface area contributed by atoms with E-state index in [4.69, 9.17) is 4.74 Å². The molecule has 2 unspecified atom stereocenters. The molecule has 1 aromatic carbocycles. The number of fused-ring (bicyclic) bond motifs is 1. The highest BCUT2D eigenvalue weighted by atomic mass is 16.6. The number of carbonyl (C=O) groups excluding carboxylic acids is 1. The molecule has 0 radical (unpaired) electrons. The molecule has 1 aliphatic heterocycles. The number of hydrogen-bond acceptors (Lipinski definition) is 3. The van der Waals surface area contributed by atoms with E-state index in [9.17, 15) is 9.90 Å². The van der Waals surface area contributed by atoms with Crippen molar-refractivity contribution in [1.82, 2.24) is 4.90 Å². The second-order valence-electron chi connectivity index (χ2n) is 8.81. The highest BCUT2D eigenvalue weighted by Gasteiger charge is 2.49. The number of benzene rings is 1. The van der Waals surface area contributed by atoms with Crippen molar-refractivity contribution >= 4 is 6.09 Å². The summed E-state index contributed by atoms with van der Waals surface area (Å²) in [5, 5.41) is 11.1. The van der Waals surface area contributed by atoms with Crippen LogP contribution in [0.5, 0.6) is 0 Å². The van der Waals surface area contributed by atoms with Crippen LogP contribution in [-0.2, 0) is 11.3 Å². The van der Waals surface area contributed by atoms with Crippen LogP contribution in [0.15, 0.2) is 30.3 Å². The molecule has 1 amide bonds. The largest absolute Gasteiger partial charge is 0.445 e. The minimum Gasteiger partial charge on any atom is -0.445 e. The second-order valence-corrected chi connectivity index (χ2v) is 8.81. The van der Waals surface area contributed by atoms with E-state index in [2.05, 4.69) is 0 Å². The van der Waals surface area contributed by atoms with Gasteiger partial charge in [0.15, 0.2) is 0 Å². The molecule has 3 fully saturated rings. The summed E-state index contributed by atoms with van der Waals surface area (Å²) in [5.74, 6) is 1.58. The van der Waals surface area contributed by atoms with Crippen LogP contribution < -0.4 is 0 Å². The van der Waals surface area contributed by atoms with Gasteiger partial charge in [0.1, 0.15) is 6.61 Å². The Bertz CT molecular complexity index is 597. The Morgan fingerprint density at radius 2 is 1.73 bits per heavy atom. The highest BCUT2D eigenvalue weighted by molar-refractivity contribution is 5.68. The molecular formula is C22H31NO3. The molecule has 4 heteroatoms. The molecule has 26 heavy (non-hydrogen) atoms. The lowest BCUT2D eigenvalue weighted by Gasteiger charge is -2.32. The van der Waals surface area contributed by atoms with Gasteiger partial charge in [-0.2, -0.15) is 0 Å². The molecule has 2 saturated carbocycles. The van der Waals surface area contributed by atoms with Crippen molar-refractivity contribution in [2.24, 2.45) is 17.8 Å². The van der Waals surface area contributed by atoms with Crippen molar-refractivity contribution in [2.75, 3.05) is 13.1 Å². The molecule has 0 bridgehead atoms. The fourth-order valence-corrected chi connectivity index (χ4v) is 5.52. The number of nitrogens with zero attached hydrogens (tertiary/aromatic N) is 1. The van der Waals surface area contributed by atoms with Crippen LogP contribution in [0.1, 0.15) is 56.9 Å². The van der Waals surface area contributed by atoms with Gasteiger partial charge in [-0.05, 0) is 42.6 Å². The zero-order chi connectivity index (χ0) is 18.0. The highest BCUT2D eigenvalue weighted by Crippen LogP contribution is 2.48. The van der Waals surface area contributed by atoms with E-state index in [1.54, 1.807) is 0 Å². The van der Waals surface area contributed by atoms with Gasteiger partial charge >= 0.3 is 6.09 Å². The minimum atomic E-state index is -0.489. The van der Waals surface area contributed by atoms with Crippen LogP contribution in [0.2, 0.25) is 0 Å². The van der Waals surface area contributed by atoms with Crippen LogP contribution in [-0.4, -0.2) is 34.8 Å². The number of likely N-dealkylation sites (tertiary alicyclic amines) is 1. The number of amides is 1. The summed E-state index contributed by atoms with van der Waals surface area (Å²) in [4.78, 5) is 14.2. The van der Waals surface area contributed by atoms with Gasteiger partial charge in [0.05, 0.1) is 5.60 Å². The third-order valence-corrected chi connectivity index (χ3v) is 6.72. The molecule has 2 aliphatic carbocycles. The van der Waals surface area contributed by atoms with Crippen LogP contribution in [0.4, 0.5) is 4.79 Å². The molecule has 1 heterocycles. The van der Waals surface area contributed by atoms with Gasteiger partial charge in [-0.1, -0.05) is 62.4 Å². The Kier molecular flexibility index (Phi) is 5.21. The summed E-state index contributed by atoms with van der Waals surface area (Å²) < 4.78 is 5.48. The second kappa shape index (κ2) is 7.59. The summed E-state index contributed by atoms with van der Waals surface area (Å²) in [6, 6.07) is 9.81. The summed E-state index contributed by atoms with van der Waals surface area (Å²) in [5.41, 5.74) is 0.527. The van der Waals surface area contributed by atoms with Crippen LogP contribution in [0.3, 0.4) is 0 Å². The first-order valence-electron chi connectivity index (χ1n) is 10.3. The van der Waals surface area contributed by atoms with E-state index < -0.39 is 5.60 Å². The molecule has 4 rings (SSSR count). The monoisotopic (exact) mass is 357 g/mol. The first-order valence-corrected chi connectivity index (χ1v) is 10.3. The predicted octanol–water partition coefficient (Wildman–Crippen LogP) is 4.37. The molecule has 0 aromatic heterocycles. The average Bonchev–Trinajstić information content (AvgIpc) is 3.16. The normalized spacial score (nSPS) is 31.8. The molecular weight excluding hydrogens is 326 g/mol. The van der Waals surface area contributed by atoms with Gasteiger partial charge in [0.2, 0.25) is 0 Å². The average molecular weight is 357 g/mol. The maximum Gasteiger partial charge on any atom is 0.410 e. The van der Waals surface area contributed by atoms with Gasteiger partial charge < -0.3 is 14.7 Å². The number of rotatable bonds is 4. The molecule has 0 spiro atoms. The van der Waals surface area contributed by atoms with Gasteiger partial charge in [0.25, 0.3) is 0 Å². The molecule has 4 nitrogen and oxygen atoms in total. The number of aliphatic hydroxyl groups is 1. The van der Waals surface area contributed by atoms with Crippen LogP contribution in [0, 0.1) is 17.8 Å². The van der Waals surface area contributed by atoms with Gasteiger partial charge in [-0.15, -0.1) is 0 Å². The quantitative estimate of drug-likeness (QED) is 0.871. The lowest BCUT2D eigenvalue weighted by Crippen LogP contribution is -2.35. The molecule has 1 saturated heterocycles. The Labute approximate surface area is 156 Å². The van der Waals surface area contributed by atoms with Gasteiger partial charge in [0, 0.05) is 13.1 Å². The number of hydrogen-bond donors (Lipinski definition) is 1. The Morgan fingerprint density at radius 1 is 1.08 bits per heavy atom. The lowest BCUT2D eigenvalue weighted by molar-refractivity contribution is 0.00544. The maximum atomic E-state index is 12.4. The predicted molar refractivity (Wildman–Crippen MR) is 101 cm³/mol. The van der Waals surface area contributed by atoms with E-state index in [1.807, 2.05) is 35.2 Å². The van der Waals surface area contributed by atoms with E-state index in [0.717, 1.165) is 37.9 Å². The topological polar surface area (TPSA) is 49.8 Å². The first kappa shape index (κ1) is 17.8. The van der Waals surface area contributed by atoms with Crippen molar-refractivity contribution < 1.29 is 14.6 Å². The first-order chi connectivity index (χ1) is 12.6. The lowest BCUT2D eigenvalue weighted by atomic mass is 9.79. The molecule has 1 N–H and O–H groups in total. The van der Waals surface area contributed by atoms with E-state index >= 15 is 0 Å². The Balaban J connectivity index is 1.25. The smallest absolute Gasteiger partial charge is 0.410 e. The van der Waals surface area contributed by atoms with E-state index in [1.165, 1.54) is 32.1 Å². The summed E-state index contributed by atoms with van der Waals surface area (Å²) >= 11 is 0. The van der Waals surface area contributed by atoms with E-state index in [-0.39, 0.29) is 6.09 Å². The molecule has 2 atom stereocenters. The van der Waals surface area contributed by atoms with Crippen molar-refractivity contribution in [2.45, 2.75) is 63.6 Å². The molecule has 1 aromatic rings. The van der Waals surface area contributed by atoms with Crippen LogP contribution >= 0.6 is 0 Å². The Morgan fingerprint density at radius 3 is 2.38 bits per heavy atom.